The van der Waals surface area contributed by atoms with E-state index in [0.717, 1.165) is 47.8 Å². The molecular weight excluding hydrogens is 543 g/mol. The number of amides is 1. The minimum Gasteiger partial charge on any atom is -0.327 e. The first-order chi connectivity index (χ1) is 20.1. The molecule has 2 heterocycles. The summed E-state index contributed by atoms with van der Waals surface area (Å²) in [7, 11) is 0. The van der Waals surface area contributed by atoms with Gasteiger partial charge in [-0.3, -0.25) is 9.36 Å². The Balaban J connectivity index is 1.68. The molecule has 220 valence electrons. The Labute approximate surface area is 242 Å². The number of nitrogens with one attached hydrogen (secondary N) is 1. The molecular formula is C32H34F3N5O2. The summed E-state index contributed by atoms with van der Waals surface area (Å²) >= 11 is 0. The maximum atomic E-state index is 14.6. The lowest BCUT2D eigenvalue weighted by molar-refractivity contribution is 0.0582. The summed E-state index contributed by atoms with van der Waals surface area (Å²) in [6, 6.07) is 15.8. The van der Waals surface area contributed by atoms with Gasteiger partial charge in [0.15, 0.2) is 5.82 Å². The van der Waals surface area contributed by atoms with Crippen molar-refractivity contribution in [1.29, 1.82) is 0 Å². The molecule has 1 fully saturated rings. The Morgan fingerprint density at radius 3 is 2.38 bits per heavy atom. The fraction of sp³-hybridized carbons (Fsp3) is 0.344. The van der Waals surface area contributed by atoms with Crippen molar-refractivity contribution in [3.63, 3.8) is 0 Å². The second kappa shape index (κ2) is 12.4. The number of benzene rings is 3. The van der Waals surface area contributed by atoms with Gasteiger partial charge in [-0.25, -0.2) is 18.0 Å². The van der Waals surface area contributed by atoms with E-state index < -0.39 is 35.1 Å². The molecule has 3 aromatic carbocycles. The average molecular weight is 578 g/mol. The molecule has 7 nitrogen and oxygen atoms in total. The zero-order chi connectivity index (χ0) is 30.0. The summed E-state index contributed by atoms with van der Waals surface area (Å²) < 4.78 is 45.5. The summed E-state index contributed by atoms with van der Waals surface area (Å²) in [5.74, 6) is -2.54. The highest BCUT2D eigenvalue weighted by atomic mass is 19.1. The van der Waals surface area contributed by atoms with Crippen LogP contribution in [0.3, 0.4) is 0 Å². The van der Waals surface area contributed by atoms with Crippen LogP contribution in [0.1, 0.15) is 60.0 Å². The van der Waals surface area contributed by atoms with Gasteiger partial charge in [0.2, 0.25) is 0 Å². The second-order valence-electron chi connectivity index (χ2n) is 11.2. The lowest BCUT2D eigenvalue weighted by Gasteiger charge is -2.36. The van der Waals surface area contributed by atoms with E-state index in [1.807, 2.05) is 44.2 Å². The van der Waals surface area contributed by atoms with Crippen LogP contribution >= 0.6 is 0 Å². The van der Waals surface area contributed by atoms with Crippen molar-refractivity contribution in [3.05, 3.63) is 117 Å². The molecule has 42 heavy (non-hydrogen) atoms. The van der Waals surface area contributed by atoms with Crippen LogP contribution in [-0.2, 0) is 6.54 Å². The lowest BCUT2D eigenvalue weighted by Crippen LogP contribution is -2.45. The van der Waals surface area contributed by atoms with E-state index in [4.69, 9.17) is 0 Å². The van der Waals surface area contributed by atoms with Crippen molar-refractivity contribution >= 4 is 5.91 Å². The van der Waals surface area contributed by atoms with Crippen molar-refractivity contribution in [2.45, 2.75) is 52.2 Å². The summed E-state index contributed by atoms with van der Waals surface area (Å²) in [5, 5.41) is 8.05. The number of rotatable bonds is 9. The first kappa shape index (κ1) is 29.3. The van der Waals surface area contributed by atoms with Crippen molar-refractivity contribution < 1.29 is 18.0 Å². The fourth-order valence-corrected chi connectivity index (χ4v) is 5.54. The van der Waals surface area contributed by atoms with Crippen LogP contribution in [0.2, 0.25) is 0 Å². The Morgan fingerprint density at radius 2 is 1.76 bits per heavy atom. The van der Waals surface area contributed by atoms with Crippen LogP contribution in [0, 0.1) is 30.3 Å². The van der Waals surface area contributed by atoms with Crippen LogP contribution in [-0.4, -0.2) is 44.3 Å². The molecule has 1 saturated heterocycles. The Hall–Kier alpha value is -4.18. The number of aromatic nitrogens is 3. The Kier molecular flexibility index (Phi) is 8.63. The standard InChI is InChI=1S/C32H34F3N5O2/c1-20(2)29(38(19-26-10-7-13-36-26)31(41)23-12-11-21(3)28(35)14-23)30-37-40(27-16-24(33)15-25(34)17-27)32(42)39(30)18-22-8-5-4-6-9-22/h4-6,8-9,11-12,14-17,20,26,29,36H,7,10,13,18-19H2,1-3H3. The molecule has 0 bridgehead atoms. The van der Waals surface area contributed by atoms with Crippen molar-refractivity contribution in [3.8, 4) is 5.69 Å². The number of hydrogen-bond donors (Lipinski definition) is 1. The maximum absolute atomic E-state index is 14.6. The zero-order valence-electron chi connectivity index (χ0n) is 23.9. The minimum absolute atomic E-state index is 0.000749. The second-order valence-corrected chi connectivity index (χ2v) is 11.2. The number of hydrogen-bond acceptors (Lipinski definition) is 4. The number of halogens is 3. The third kappa shape index (κ3) is 6.18. The van der Waals surface area contributed by atoms with Gasteiger partial charge in [-0.1, -0.05) is 50.2 Å². The van der Waals surface area contributed by atoms with Gasteiger partial charge < -0.3 is 10.2 Å². The van der Waals surface area contributed by atoms with Gasteiger partial charge >= 0.3 is 5.69 Å². The fourth-order valence-electron chi connectivity index (χ4n) is 5.54. The van der Waals surface area contributed by atoms with E-state index >= 15 is 0 Å². The first-order valence-electron chi connectivity index (χ1n) is 14.1. The number of carbonyl (C=O) groups excluding carboxylic acids is 1. The van der Waals surface area contributed by atoms with E-state index in [0.29, 0.717) is 12.1 Å². The van der Waals surface area contributed by atoms with E-state index in [2.05, 4.69) is 10.4 Å². The van der Waals surface area contributed by atoms with E-state index in [1.54, 1.807) is 24.0 Å². The van der Waals surface area contributed by atoms with Crippen molar-refractivity contribution in [2.75, 3.05) is 13.1 Å². The predicted octanol–water partition coefficient (Wildman–Crippen LogP) is 5.40. The molecule has 0 saturated carbocycles. The summed E-state index contributed by atoms with van der Waals surface area (Å²) in [5.41, 5.74) is 0.754. The quantitative estimate of drug-likeness (QED) is 0.289. The van der Waals surface area contributed by atoms with Crippen LogP contribution in [0.5, 0.6) is 0 Å². The monoisotopic (exact) mass is 577 g/mol. The smallest absolute Gasteiger partial charge is 0.327 e. The van der Waals surface area contributed by atoms with Gasteiger partial charge in [-0.05, 0) is 67.6 Å². The van der Waals surface area contributed by atoms with Gasteiger partial charge in [0.1, 0.15) is 17.5 Å². The molecule has 1 amide bonds. The number of aryl methyl sites for hydroxylation is 1. The van der Waals surface area contributed by atoms with Gasteiger partial charge in [0, 0.05) is 24.2 Å². The Morgan fingerprint density at radius 1 is 1.05 bits per heavy atom. The van der Waals surface area contributed by atoms with Crippen molar-refractivity contribution in [2.24, 2.45) is 5.92 Å². The molecule has 2 atom stereocenters. The van der Waals surface area contributed by atoms with E-state index in [1.165, 1.54) is 10.6 Å². The van der Waals surface area contributed by atoms with Gasteiger partial charge in [0.05, 0.1) is 18.3 Å². The normalized spacial score (nSPS) is 15.7. The Bertz CT molecular complexity index is 1610. The topological polar surface area (TPSA) is 72.2 Å². The molecule has 2 unspecified atom stereocenters. The summed E-state index contributed by atoms with van der Waals surface area (Å²) in [4.78, 5) is 29.7. The average Bonchev–Trinajstić information content (AvgIpc) is 3.58. The molecule has 0 aliphatic carbocycles. The minimum atomic E-state index is -0.845. The SMILES string of the molecule is Cc1ccc(C(=O)N(CC2CCCN2)C(c2nn(-c3cc(F)cc(F)c3)c(=O)n2Cc2ccccc2)C(C)C)cc1F. The van der Waals surface area contributed by atoms with Crippen molar-refractivity contribution in [1.82, 2.24) is 24.6 Å². The van der Waals surface area contributed by atoms with Gasteiger partial charge in [-0.15, -0.1) is 5.10 Å². The third-order valence-electron chi connectivity index (χ3n) is 7.66. The summed E-state index contributed by atoms with van der Waals surface area (Å²) in [6.07, 6.45) is 1.81. The van der Waals surface area contributed by atoms with E-state index in [-0.39, 0.29) is 35.6 Å². The molecule has 0 spiro atoms. The zero-order valence-corrected chi connectivity index (χ0v) is 23.9. The predicted molar refractivity (Wildman–Crippen MR) is 154 cm³/mol. The van der Waals surface area contributed by atoms with Crippen LogP contribution in [0.15, 0.2) is 71.5 Å². The van der Waals surface area contributed by atoms with Crippen LogP contribution in [0.4, 0.5) is 13.2 Å². The lowest BCUT2D eigenvalue weighted by atomic mass is 9.98. The maximum Gasteiger partial charge on any atom is 0.351 e. The summed E-state index contributed by atoms with van der Waals surface area (Å²) in [6.45, 7) is 6.71. The largest absolute Gasteiger partial charge is 0.351 e. The van der Waals surface area contributed by atoms with Gasteiger partial charge in [0.25, 0.3) is 5.91 Å². The molecule has 1 aromatic heterocycles. The highest BCUT2D eigenvalue weighted by Crippen LogP contribution is 2.31. The molecule has 5 rings (SSSR count). The molecule has 1 aliphatic heterocycles. The molecule has 0 radical (unpaired) electrons. The molecule has 1 aliphatic rings. The van der Waals surface area contributed by atoms with Crippen LogP contribution < -0.4 is 11.0 Å². The molecule has 1 N–H and O–H groups in total. The molecule has 4 aromatic rings. The highest BCUT2D eigenvalue weighted by Gasteiger charge is 2.36. The van der Waals surface area contributed by atoms with Gasteiger partial charge in [-0.2, -0.15) is 4.68 Å². The van der Waals surface area contributed by atoms with Crippen LogP contribution in [0.25, 0.3) is 5.69 Å². The van der Waals surface area contributed by atoms with E-state index in [9.17, 15) is 22.8 Å². The number of carbonyl (C=O) groups is 1. The number of nitrogens with zero attached hydrogens (tertiary/aromatic N) is 4. The third-order valence-corrected chi connectivity index (χ3v) is 7.66. The highest BCUT2D eigenvalue weighted by molar-refractivity contribution is 5.94. The molecule has 10 heteroatoms. The first-order valence-corrected chi connectivity index (χ1v) is 14.1.